The molecule has 5 heterocycles. The molecule has 0 amide bonds. The highest BCUT2D eigenvalue weighted by molar-refractivity contribution is 7.99. The zero-order chi connectivity index (χ0) is 19.8. The quantitative estimate of drug-likeness (QED) is 0.610. The number of quaternary nitrogens is 1. The molecule has 5 rings (SSSR count). The number of hydrogen-bond donors (Lipinski definition) is 1. The fourth-order valence-electron chi connectivity index (χ4n) is 4.47. The summed E-state index contributed by atoms with van der Waals surface area (Å²) in [4.78, 5) is 15.8. The maximum absolute atomic E-state index is 13.9. The number of pyridine rings is 1. The number of aromatic nitrogens is 2. The van der Waals surface area contributed by atoms with Crippen molar-refractivity contribution in [3.63, 3.8) is 0 Å². The predicted molar refractivity (Wildman–Crippen MR) is 112 cm³/mol. The molecule has 2 aromatic rings. The van der Waals surface area contributed by atoms with Crippen LogP contribution in [0.3, 0.4) is 0 Å². The molecule has 2 fully saturated rings. The van der Waals surface area contributed by atoms with Crippen LogP contribution in [0.5, 0.6) is 0 Å². The molecule has 3 aliphatic heterocycles. The third kappa shape index (κ3) is 3.65. The Labute approximate surface area is 173 Å². The Hall–Kier alpha value is -2.36. The lowest BCUT2D eigenvalue weighted by Crippen LogP contribution is -2.47. The number of hydroxylamine groups is 3. The van der Waals surface area contributed by atoms with Gasteiger partial charge >= 0.3 is 0 Å². The second-order valence-corrected chi connectivity index (χ2v) is 8.73. The van der Waals surface area contributed by atoms with Crippen LogP contribution in [0.1, 0.15) is 18.4 Å². The molecule has 0 aliphatic carbocycles. The molecule has 0 bridgehead atoms. The topological polar surface area (TPSA) is 89.6 Å². The van der Waals surface area contributed by atoms with E-state index in [0.29, 0.717) is 31.2 Å². The molecule has 9 heteroatoms. The molecule has 2 unspecified atom stereocenters. The van der Waals surface area contributed by atoms with E-state index in [4.69, 9.17) is 9.41 Å². The molecule has 0 radical (unpaired) electrons. The van der Waals surface area contributed by atoms with Crippen molar-refractivity contribution in [3.05, 3.63) is 53.3 Å². The minimum Gasteiger partial charge on any atom is -0.632 e. The molecule has 0 spiro atoms. The Morgan fingerprint density at radius 2 is 2.31 bits per heavy atom. The van der Waals surface area contributed by atoms with Gasteiger partial charge in [-0.1, -0.05) is 0 Å². The Bertz CT molecular complexity index is 929. The lowest BCUT2D eigenvalue weighted by Gasteiger charge is -2.43. The van der Waals surface area contributed by atoms with Crippen LogP contribution in [0.2, 0.25) is 0 Å². The third-order valence-electron chi connectivity index (χ3n) is 5.75. The number of thioether (sulfide) groups is 1. The number of oxazole rings is 1. The lowest BCUT2D eigenvalue weighted by atomic mass is 10.1. The van der Waals surface area contributed by atoms with Gasteiger partial charge in [-0.3, -0.25) is 4.98 Å². The van der Waals surface area contributed by atoms with Crippen LogP contribution in [0.4, 0.5) is 0 Å². The van der Waals surface area contributed by atoms with Gasteiger partial charge in [-0.15, -0.1) is 11.8 Å². The molecular formula is C20H24N6O2S. The fraction of sp³-hybridized carbons (Fsp3) is 0.450. The summed E-state index contributed by atoms with van der Waals surface area (Å²) in [5, 5.41) is 17.2. The lowest BCUT2D eigenvalue weighted by molar-refractivity contribution is -0.889. The number of aliphatic imine (C=N–C) groups is 1. The molecule has 3 aliphatic rings. The van der Waals surface area contributed by atoms with Gasteiger partial charge in [0.15, 0.2) is 5.50 Å². The van der Waals surface area contributed by atoms with Gasteiger partial charge in [-0.05, 0) is 31.2 Å². The predicted octanol–water partition coefficient (Wildman–Crippen LogP) is 2.56. The van der Waals surface area contributed by atoms with E-state index in [-0.39, 0.29) is 16.2 Å². The van der Waals surface area contributed by atoms with Crippen molar-refractivity contribution >= 4 is 17.6 Å². The number of rotatable bonds is 4. The Morgan fingerprint density at radius 3 is 3.07 bits per heavy atom. The average molecular weight is 413 g/mol. The van der Waals surface area contributed by atoms with E-state index >= 15 is 0 Å². The first-order chi connectivity index (χ1) is 14.1. The van der Waals surface area contributed by atoms with Crippen molar-refractivity contribution in [3.8, 4) is 11.6 Å². The van der Waals surface area contributed by atoms with E-state index in [1.807, 2.05) is 24.6 Å². The van der Waals surface area contributed by atoms with Crippen LogP contribution in [0.15, 0.2) is 52.0 Å². The van der Waals surface area contributed by atoms with Gasteiger partial charge in [0.25, 0.3) is 0 Å². The van der Waals surface area contributed by atoms with E-state index in [2.05, 4.69) is 20.2 Å². The minimum atomic E-state index is -0.294. The number of nitrogens with one attached hydrogen (secondary N) is 1. The maximum Gasteiger partial charge on any atom is 0.244 e. The van der Waals surface area contributed by atoms with Gasteiger partial charge in [0.2, 0.25) is 5.89 Å². The Kier molecular flexibility index (Phi) is 4.81. The molecule has 3 atom stereocenters. The Balaban J connectivity index is 1.40. The molecule has 2 aromatic heterocycles. The summed E-state index contributed by atoms with van der Waals surface area (Å²) in [5.74, 6) is 1.50. The molecule has 29 heavy (non-hydrogen) atoms. The maximum atomic E-state index is 13.9. The zero-order valence-electron chi connectivity index (χ0n) is 16.3. The van der Waals surface area contributed by atoms with Crippen LogP contribution in [-0.4, -0.2) is 62.8 Å². The zero-order valence-corrected chi connectivity index (χ0v) is 17.1. The summed E-state index contributed by atoms with van der Waals surface area (Å²) < 4.78 is 5.00. The number of nitrogens with zero attached hydrogens (tertiary/aromatic N) is 5. The van der Waals surface area contributed by atoms with Crippen LogP contribution in [-0.2, 0) is 6.54 Å². The third-order valence-corrected chi connectivity index (χ3v) is 6.44. The highest BCUT2D eigenvalue weighted by Crippen LogP contribution is 2.32. The first kappa shape index (κ1) is 18.7. The summed E-state index contributed by atoms with van der Waals surface area (Å²) >= 11 is 1.67. The standard InChI is InChI=1S/C20H24N6O2S/c1-29-20-23-10-15-12-26(27,13-16-3-2-7-25(16)18(15)24-20)11-14-4-5-17(22-9-14)19-21-6-8-28-19/h4-6,8-10,16,20,23H,2-3,7,11-13H2,1H3/t16?,20-,26?/m0/s1. The average Bonchev–Trinajstić information content (AvgIpc) is 3.39. The van der Waals surface area contributed by atoms with Crippen molar-refractivity contribution < 1.29 is 9.06 Å². The van der Waals surface area contributed by atoms with E-state index in [9.17, 15) is 5.21 Å². The largest absolute Gasteiger partial charge is 0.632 e. The molecule has 152 valence electrons. The molecule has 1 N–H and O–H groups in total. The van der Waals surface area contributed by atoms with Crippen molar-refractivity contribution in [2.24, 2.45) is 4.99 Å². The molecule has 0 aromatic carbocycles. The van der Waals surface area contributed by atoms with Gasteiger partial charge in [0.05, 0.1) is 24.4 Å². The van der Waals surface area contributed by atoms with Crippen molar-refractivity contribution in [2.75, 3.05) is 25.9 Å². The van der Waals surface area contributed by atoms with Crippen LogP contribution in [0, 0.1) is 5.21 Å². The SMILES string of the molecule is CS[C@@H]1N=C2C(=CN1)C[N+]([O-])(Cc1ccc(-c3ncco3)nc1)CC1CCCN21. The summed E-state index contributed by atoms with van der Waals surface area (Å²) in [6, 6.07) is 4.07. The first-order valence-corrected chi connectivity index (χ1v) is 11.2. The monoisotopic (exact) mass is 412 g/mol. The number of fused-ring (bicyclic) bond motifs is 3. The number of amidine groups is 1. The first-order valence-electron chi connectivity index (χ1n) is 9.88. The van der Waals surface area contributed by atoms with Gasteiger partial charge in [0, 0.05) is 24.5 Å². The Morgan fingerprint density at radius 1 is 1.38 bits per heavy atom. The summed E-state index contributed by atoms with van der Waals surface area (Å²) in [7, 11) is 0. The second kappa shape index (κ2) is 7.47. The van der Waals surface area contributed by atoms with E-state index in [1.54, 1.807) is 24.2 Å². The highest BCUT2D eigenvalue weighted by Gasteiger charge is 2.40. The number of hydrogen-bond acceptors (Lipinski definition) is 8. The van der Waals surface area contributed by atoms with Gasteiger partial charge < -0.3 is 24.5 Å². The molecule has 8 nitrogen and oxygen atoms in total. The van der Waals surface area contributed by atoms with Gasteiger partial charge in [-0.2, -0.15) is 0 Å². The van der Waals surface area contributed by atoms with Gasteiger partial charge in [-0.25, -0.2) is 9.98 Å². The molecular weight excluding hydrogens is 388 g/mol. The smallest absolute Gasteiger partial charge is 0.244 e. The van der Waals surface area contributed by atoms with E-state index in [1.165, 1.54) is 6.26 Å². The van der Waals surface area contributed by atoms with Crippen molar-refractivity contribution in [1.29, 1.82) is 0 Å². The molecule has 2 saturated heterocycles. The van der Waals surface area contributed by atoms with Crippen LogP contribution in [0.25, 0.3) is 11.6 Å². The van der Waals surface area contributed by atoms with Crippen molar-refractivity contribution in [1.82, 2.24) is 20.2 Å². The summed E-state index contributed by atoms with van der Waals surface area (Å²) in [5.41, 5.74) is 2.63. The fourth-order valence-corrected chi connectivity index (χ4v) is 4.88. The van der Waals surface area contributed by atoms with Gasteiger partial charge in [0.1, 0.15) is 30.9 Å². The minimum absolute atomic E-state index is 0.0219. The molecule has 0 saturated carbocycles. The summed E-state index contributed by atoms with van der Waals surface area (Å²) in [6.07, 6.45) is 11.1. The summed E-state index contributed by atoms with van der Waals surface area (Å²) in [6.45, 7) is 2.36. The second-order valence-electron chi connectivity index (χ2n) is 7.81. The van der Waals surface area contributed by atoms with Crippen molar-refractivity contribution in [2.45, 2.75) is 30.9 Å². The van der Waals surface area contributed by atoms with E-state index in [0.717, 1.165) is 36.4 Å². The van der Waals surface area contributed by atoms with Crippen LogP contribution >= 0.6 is 11.8 Å². The highest BCUT2D eigenvalue weighted by atomic mass is 32.2. The normalized spacial score (nSPS) is 28.7. The van der Waals surface area contributed by atoms with Crippen LogP contribution < -0.4 is 5.32 Å². The van der Waals surface area contributed by atoms with E-state index < -0.39 is 0 Å².